The Bertz CT molecular complexity index is 1030. The van der Waals surface area contributed by atoms with Crippen LogP contribution in [-0.4, -0.2) is 9.13 Å². The molecule has 3 rings (SSSR count). The summed E-state index contributed by atoms with van der Waals surface area (Å²) in [5, 5.41) is 0. The topological polar surface area (TPSA) is 44.0 Å². The number of nitrogens with zero attached hydrogens (tertiary/aromatic N) is 2. The third kappa shape index (κ3) is 4.75. The standard InChI is InChI=1S/C16H12F6N2O2S4/c17-15(18,19)9-5-11(25)23(13(27)29-9)7-1-2-8(4-3-7)24-12(26)6-10(16(20,21)22)30-14(24)28/h5-8H,1-4H2. The summed E-state index contributed by atoms with van der Waals surface area (Å²) >= 11 is 10.6. The molecular weight excluding hydrogens is 494 g/mol. The van der Waals surface area contributed by atoms with Gasteiger partial charge in [0.1, 0.15) is 9.75 Å². The molecule has 1 saturated carbocycles. The molecule has 0 unspecified atom stereocenters. The largest absolute Gasteiger partial charge is 0.425 e. The Balaban J connectivity index is 1.85. The van der Waals surface area contributed by atoms with E-state index >= 15 is 0 Å². The van der Waals surface area contributed by atoms with E-state index in [-0.39, 0.29) is 7.91 Å². The third-order valence-corrected chi connectivity index (χ3v) is 7.50. The highest BCUT2D eigenvalue weighted by molar-refractivity contribution is 7.73. The number of alkyl halides is 6. The van der Waals surface area contributed by atoms with Crippen molar-refractivity contribution >= 4 is 47.1 Å². The average molecular weight is 507 g/mol. The molecule has 0 bridgehead atoms. The van der Waals surface area contributed by atoms with E-state index in [1.807, 2.05) is 0 Å². The molecule has 0 spiro atoms. The summed E-state index contributed by atoms with van der Waals surface area (Å²) in [7, 11) is 0. The van der Waals surface area contributed by atoms with Crippen LogP contribution in [0, 0.1) is 7.91 Å². The first-order chi connectivity index (χ1) is 13.8. The lowest BCUT2D eigenvalue weighted by Gasteiger charge is -2.30. The SMILES string of the molecule is O=c1cc(C(F)(F)F)sc(=S)n1C1CCC(n2c(=O)cc(C(F)(F)F)sc2=S)CC1. The van der Waals surface area contributed by atoms with Gasteiger partial charge in [0.2, 0.25) is 0 Å². The van der Waals surface area contributed by atoms with Gasteiger partial charge in [-0.3, -0.25) is 18.7 Å². The van der Waals surface area contributed by atoms with Crippen molar-refractivity contribution in [3.8, 4) is 0 Å². The van der Waals surface area contributed by atoms with Crippen molar-refractivity contribution < 1.29 is 26.3 Å². The minimum atomic E-state index is -4.67. The van der Waals surface area contributed by atoms with Crippen LogP contribution >= 0.6 is 47.1 Å². The van der Waals surface area contributed by atoms with Crippen LogP contribution in [0.3, 0.4) is 0 Å². The van der Waals surface area contributed by atoms with E-state index in [1.165, 1.54) is 0 Å². The molecule has 0 aliphatic heterocycles. The lowest BCUT2D eigenvalue weighted by Crippen LogP contribution is -2.32. The maximum absolute atomic E-state index is 12.8. The van der Waals surface area contributed by atoms with E-state index in [0.29, 0.717) is 60.5 Å². The van der Waals surface area contributed by atoms with Gasteiger partial charge in [0.25, 0.3) is 11.1 Å². The van der Waals surface area contributed by atoms with Gasteiger partial charge in [-0.15, -0.1) is 22.7 Å². The zero-order valence-corrected chi connectivity index (χ0v) is 18.0. The van der Waals surface area contributed by atoms with Crippen LogP contribution < -0.4 is 11.1 Å². The predicted octanol–water partition coefficient (Wildman–Crippen LogP) is 5.99. The van der Waals surface area contributed by atoms with E-state index in [4.69, 9.17) is 24.4 Å². The monoisotopic (exact) mass is 506 g/mol. The molecule has 164 valence electrons. The summed E-state index contributed by atoms with van der Waals surface area (Å²) in [6, 6.07) is 0.107. The quantitative estimate of drug-likeness (QED) is 0.371. The highest BCUT2D eigenvalue weighted by Gasteiger charge is 2.35. The lowest BCUT2D eigenvalue weighted by molar-refractivity contribution is -0.135. The molecule has 2 aromatic heterocycles. The van der Waals surface area contributed by atoms with Crippen LogP contribution in [0.1, 0.15) is 47.5 Å². The van der Waals surface area contributed by atoms with Gasteiger partial charge in [0.15, 0.2) is 7.91 Å². The maximum Gasteiger partial charge on any atom is 0.425 e. The van der Waals surface area contributed by atoms with Crippen molar-refractivity contribution in [2.24, 2.45) is 0 Å². The van der Waals surface area contributed by atoms with E-state index in [2.05, 4.69) is 0 Å². The molecule has 1 aliphatic rings. The molecule has 0 atom stereocenters. The van der Waals surface area contributed by atoms with E-state index < -0.39 is 45.3 Å². The minimum Gasteiger partial charge on any atom is -0.288 e. The van der Waals surface area contributed by atoms with Gasteiger partial charge in [0.05, 0.1) is 0 Å². The molecule has 4 nitrogen and oxygen atoms in total. The van der Waals surface area contributed by atoms with Crippen molar-refractivity contribution in [3.63, 3.8) is 0 Å². The fraction of sp³-hybridized carbons (Fsp3) is 0.500. The summed E-state index contributed by atoms with van der Waals surface area (Å²) in [6.07, 6.45) is -8.06. The van der Waals surface area contributed by atoms with Crippen molar-refractivity contribution in [2.45, 2.75) is 50.1 Å². The number of aromatic nitrogens is 2. The van der Waals surface area contributed by atoms with Crippen molar-refractivity contribution in [1.29, 1.82) is 0 Å². The van der Waals surface area contributed by atoms with Crippen molar-refractivity contribution in [3.05, 3.63) is 50.5 Å². The zero-order valence-electron chi connectivity index (χ0n) is 14.7. The molecular formula is C16H12F6N2O2S4. The van der Waals surface area contributed by atoms with Gasteiger partial charge >= 0.3 is 12.4 Å². The van der Waals surface area contributed by atoms with Crippen LogP contribution in [-0.2, 0) is 12.4 Å². The van der Waals surface area contributed by atoms with Crippen LogP contribution in [0.25, 0.3) is 0 Å². The first-order valence-corrected chi connectivity index (χ1v) is 10.9. The van der Waals surface area contributed by atoms with Gasteiger partial charge in [0, 0.05) is 24.2 Å². The second kappa shape index (κ2) is 8.28. The number of hydrogen-bond acceptors (Lipinski definition) is 6. The lowest BCUT2D eigenvalue weighted by atomic mass is 9.91. The van der Waals surface area contributed by atoms with Gasteiger partial charge in [-0.1, -0.05) is 0 Å². The highest BCUT2D eigenvalue weighted by atomic mass is 32.2. The van der Waals surface area contributed by atoms with Gasteiger partial charge in [-0.25, -0.2) is 0 Å². The van der Waals surface area contributed by atoms with Crippen molar-refractivity contribution in [2.75, 3.05) is 0 Å². The smallest absolute Gasteiger partial charge is 0.288 e. The minimum absolute atomic E-state index is 0.198. The summed E-state index contributed by atoms with van der Waals surface area (Å²) in [5.41, 5.74) is -1.71. The van der Waals surface area contributed by atoms with E-state index in [1.54, 1.807) is 0 Å². The first kappa shape index (κ1) is 23.3. The highest BCUT2D eigenvalue weighted by Crippen LogP contribution is 2.38. The molecule has 2 heterocycles. The Morgan fingerprint density at radius 2 is 1.03 bits per heavy atom. The molecule has 0 saturated heterocycles. The normalized spacial score (nSPS) is 20.3. The second-order valence-corrected chi connectivity index (χ2v) is 9.98. The fourth-order valence-electron chi connectivity index (χ4n) is 3.40. The number of rotatable bonds is 2. The number of halogens is 6. The van der Waals surface area contributed by atoms with E-state index in [9.17, 15) is 35.9 Å². The molecule has 30 heavy (non-hydrogen) atoms. The average Bonchev–Trinajstić information content (AvgIpc) is 2.60. The Labute approximate surface area is 183 Å². The zero-order chi connectivity index (χ0) is 22.4. The third-order valence-electron chi connectivity index (χ3n) is 4.73. The van der Waals surface area contributed by atoms with Gasteiger partial charge < -0.3 is 0 Å². The first-order valence-electron chi connectivity index (χ1n) is 8.47. The van der Waals surface area contributed by atoms with Crippen LogP contribution in [0.2, 0.25) is 0 Å². The Hall–Kier alpha value is -1.38. The van der Waals surface area contributed by atoms with Crippen LogP contribution in [0.4, 0.5) is 26.3 Å². The summed E-state index contributed by atoms with van der Waals surface area (Å²) in [5.74, 6) is 0. The maximum atomic E-state index is 12.8. The second-order valence-electron chi connectivity index (χ2n) is 6.63. The Kier molecular flexibility index (Phi) is 6.43. The molecule has 0 radical (unpaired) electrons. The molecule has 0 aromatic carbocycles. The molecule has 1 fully saturated rings. The molecule has 14 heteroatoms. The van der Waals surface area contributed by atoms with Crippen LogP contribution in [0.5, 0.6) is 0 Å². The molecule has 0 amide bonds. The molecule has 0 N–H and O–H groups in total. The van der Waals surface area contributed by atoms with Crippen LogP contribution in [0.15, 0.2) is 21.7 Å². The Morgan fingerprint density at radius 1 is 0.733 bits per heavy atom. The van der Waals surface area contributed by atoms with Gasteiger partial charge in [-0.05, 0) is 50.1 Å². The summed E-state index contributed by atoms with van der Waals surface area (Å²) < 4.78 is 78.9. The molecule has 1 aliphatic carbocycles. The number of hydrogen-bond donors (Lipinski definition) is 0. The van der Waals surface area contributed by atoms with Gasteiger partial charge in [-0.2, -0.15) is 26.3 Å². The van der Waals surface area contributed by atoms with Crippen molar-refractivity contribution in [1.82, 2.24) is 9.13 Å². The fourth-order valence-corrected chi connectivity index (χ4v) is 6.02. The molecule has 2 aromatic rings. The predicted molar refractivity (Wildman–Crippen MR) is 105 cm³/mol. The summed E-state index contributed by atoms with van der Waals surface area (Å²) in [4.78, 5) is 22.3. The summed E-state index contributed by atoms with van der Waals surface area (Å²) in [6.45, 7) is 0. The van der Waals surface area contributed by atoms with E-state index in [0.717, 1.165) is 9.13 Å². The Morgan fingerprint density at radius 3 is 1.27 bits per heavy atom.